The molecule has 21 heavy (non-hydrogen) atoms. The quantitative estimate of drug-likeness (QED) is 0.801. The molecule has 6 heteroatoms. The molecule has 0 saturated heterocycles. The molecule has 4 nitrogen and oxygen atoms in total. The topological polar surface area (TPSA) is 44.4 Å². The lowest BCUT2D eigenvalue weighted by Crippen LogP contribution is -2.34. The van der Waals surface area contributed by atoms with Crippen molar-refractivity contribution in [3.05, 3.63) is 35.4 Å². The molecule has 0 bridgehead atoms. The van der Waals surface area contributed by atoms with Gasteiger partial charge in [-0.1, -0.05) is 31.2 Å². The fourth-order valence-electron chi connectivity index (χ4n) is 1.98. The van der Waals surface area contributed by atoms with Crippen LogP contribution in [0.2, 0.25) is 0 Å². The maximum atomic E-state index is 11.9. The number of nitrogens with one attached hydrogen (secondary N) is 2. The Kier molecular flexibility index (Phi) is 12.6. The molecule has 2 N–H and O–H groups in total. The Morgan fingerprint density at radius 3 is 2.29 bits per heavy atom. The summed E-state index contributed by atoms with van der Waals surface area (Å²) in [5, 5.41) is 6.02. The second-order valence-corrected chi connectivity index (χ2v) is 5.18. The first-order valence-electron chi connectivity index (χ1n) is 6.68. The molecule has 0 heterocycles. The first-order valence-corrected chi connectivity index (χ1v) is 6.68. The summed E-state index contributed by atoms with van der Waals surface area (Å²) in [5.41, 5.74) is 2.44. The fourth-order valence-corrected chi connectivity index (χ4v) is 1.98. The van der Waals surface area contributed by atoms with Crippen LogP contribution >= 0.6 is 24.8 Å². The standard InChI is InChI=1S/C15H25N3O.2ClH/c1-12(9-16-2)15(19)17-10-13-7-5-6-8-14(13)11-18(3)4;;/h5-8,12,16H,9-11H2,1-4H3,(H,17,19);2*1H. The molecule has 0 saturated carbocycles. The molecule has 1 aromatic carbocycles. The molecule has 0 aliphatic rings. The summed E-state index contributed by atoms with van der Waals surface area (Å²) >= 11 is 0. The number of rotatable bonds is 7. The maximum absolute atomic E-state index is 11.9. The number of carbonyl (C=O) groups is 1. The third-order valence-electron chi connectivity index (χ3n) is 3.02. The van der Waals surface area contributed by atoms with Crippen LogP contribution in [0.15, 0.2) is 24.3 Å². The average Bonchev–Trinajstić information content (AvgIpc) is 2.37. The fraction of sp³-hybridized carbons (Fsp3) is 0.533. The summed E-state index contributed by atoms with van der Waals surface area (Å²) in [5.74, 6) is 0.0833. The van der Waals surface area contributed by atoms with Crippen LogP contribution in [0.1, 0.15) is 18.1 Å². The molecule has 0 radical (unpaired) electrons. The Hall–Kier alpha value is -0.810. The number of amides is 1. The normalized spacial score (nSPS) is 11.3. The Labute approximate surface area is 140 Å². The molecule has 122 valence electrons. The van der Waals surface area contributed by atoms with Crippen molar-refractivity contribution >= 4 is 30.7 Å². The van der Waals surface area contributed by atoms with E-state index >= 15 is 0 Å². The van der Waals surface area contributed by atoms with E-state index in [1.165, 1.54) is 11.1 Å². The molecule has 1 rings (SSSR count). The summed E-state index contributed by atoms with van der Waals surface area (Å²) in [7, 11) is 5.95. The van der Waals surface area contributed by atoms with Gasteiger partial charge in [-0.05, 0) is 32.3 Å². The predicted octanol–water partition coefficient (Wildman–Crippen LogP) is 2.06. The number of hydrogen-bond acceptors (Lipinski definition) is 3. The van der Waals surface area contributed by atoms with Crippen molar-refractivity contribution in [2.75, 3.05) is 27.7 Å². The molecule has 1 aromatic rings. The minimum Gasteiger partial charge on any atom is -0.352 e. The van der Waals surface area contributed by atoms with Crippen molar-refractivity contribution < 1.29 is 4.79 Å². The van der Waals surface area contributed by atoms with Gasteiger partial charge in [0.2, 0.25) is 5.91 Å². The van der Waals surface area contributed by atoms with E-state index in [1.807, 2.05) is 40.2 Å². The Morgan fingerprint density at radius 2 is 1.76 bits per heavy atom. The molecule has 0 aromatic heterocycles. The Morgan fingerprint density at radius 1 is 1.19 bits per heavy atom. The van der Waals surface area contributed by atoms with Crippen molar-refractivity contribution in [3.8, 4) is 0 Å². The molecule has 1 atom stereocenters. The molecule has 1 unspecified atom stereocenters. The Bertz CT molecular complexity index is 414. The number of hydrogen-bond donors (Lipinski definition) is 2. The Balaban J connectivity index is 0. The smallest absolute Gasteiger partial charge is 0.224 e. The molecule has 0 fully saturated rings. The van der Waals surface area contributed by atoms with E-state index in [2.05, 4.69) is 27.7 Å². The molecule has 0 spiro atoms. The van der Waals surface area contributed by atoms with Crippen LogP contribution in [-0.4, -0.2) is 38.5 Å². The van der Waals surface area contributed by atoms with E-state index in [9.17, 15) is 4.79 Å². The largest absolute Gasteiger partial charge is 0.352 e. The van der Waals surface area contributed by atoms with Crippen LogP contribution in [0.5, 0.6) is 0 Å². The third-order valence-corrected chi connectivity index (χ3v) is 3.02. The highest BCUT2D eigenvalue weighted by atomic mass is 35.5. The lowest BCUT2D eigenvalue weighted by atomic mass is 10.1. The number of nitrogens with zero attached hydrogens (tertiary/aromatic N) is 1. The van der Waals surface area contributed by atoms with Gasteiger partial charge in [0, 0.05) is 25.6 Å². The second kappa shape index (κ2) is 11.8. The molecule has 0 aliphatic heterocycles. The van der Waals surface area contributed by atoms with Gasteiger partial charge in [-0.15, -0.1) is 24.8 Å². The van der Waals surface area contributed by atoms with E-state index in [0.717, 1.165) is 6.54 Å². The van der Waals surface area contributed by atoms with Crippen molar-refractivity contribution in [2.45, 2.75) is 20.0 Å². The van der Waals surface area contributed by atoms with E-state index < -0.39 is 0 Å². The van der Waals surface area contributed by atoms with Crippen LogP contribution in [0.25, 0.3) is 0 Å². The second-order valence-electron chi connectivity index (χ2n) is 5.18. The monoisotopic (exact) mass is 335 g/mol. The van der Waals surface area contributed by atoms with Crippen molar-refractivity contribution in [1.82, 2.24) is 15.5 Å². The maximum Gasteiger partial charge on any atom is 0.224 e. The van der Waals surface area contributed by atoms with E-state index in [4.69, 9.17) is 0 Å². The van der Waals surface area contributed by atoms with Crippen LogP contribution in [-0.2, 0) is 17.9 Å². The highest BCUT2D eigenvalue weighted by Gasteiger charge is 2.12. The van der Waals surface area contributed by atoms with Gasteiger partial charge in [-0.25, -0.2) is 0 Å². The predicted molar refractivity (Wildman–Crippen MR) is 93.3 cm³/mol. The van der Waals surface area contributed by atoms with Gasteiger partial charge in [0.15, 0.2) is 0 Å². The average molecular weight is 336 g/mol. The zero-order valence-electron chi connectivity index (χ0n) is 13.2. The summed E-state index contributed by atoms with van der Waals surface area (Å²) in [4.78, 5) is 14.0. The van der Waals surface area contributed by atoms with Gasteiger partial charge >= 0.3 is 0 Å². The van der Waals surface area contributed by atoms with Gasteiger partial charge in [0.05, 0.1) is 0 Å². The van der Waals surface area contributed by atoms with Crippen molar-refractivity contribution in [2.24, 2.45) is 5.92 Å². The third kappa shape index (κ3) is 8.27. The minimum absolute atomic E-state index is 0. The zero-order valence-corrected chi connectivity index (χ0v) is 14.8. The van der Waals surface area contributed by atoms with Gasteiger partial charge in [-0.3, -0.25) is 4.79 Å². The first kappa shape index (κ1) is 22.5. The summed E-state index contributed by atoms with van der Waals surface area (Å²) in [6.45, 7) is 4.11. The van der Waals surface area contributed by atoms with Crippen LogP contribution in [0.3, 0.4) is 0 Å². The van der Waals surface area contributed by atoms with Crippen LogP contribution in [0.4, 0.5) is 0 Å². The van der Waals surface area contributed by atoms with Crippen LogP contribution in [0, 0.1) is 5.92 Å². The van der Waals surface area contributed by atoms with Crippen LogP contribution < -0.4 is 10.6 Å². The molecule has 1 amide bonds. The zero-order chi connectivity index (χ0) is 14.3. The van der Waals surface area contributed by atoms with Gasteiger partial charge in [-0.2, -0.15) is 0 Å². The molecular weight excluding hydrogens is 309 g/mol. The van der Waals surface area contributed by atoms with Gasteiger partial charge in [0.1, 0.15) is 0 Å². The number of benzene rings is 1. The lowest BCUT2D eigenvalue weighted by Gasteiger charge is -2.16. The SMILES string of the molecule is CNCC(C)C(=O)NCc1ccccc1CN(C)C.Cl.Cl. The van der Waals surface area contributed by atoms with Gasteiger partial charge in [0.25, 0.3) is 0 Å². The van der Waals surface area contributed by atoms with E-state index in [0.29, 0.717) is 13.1 Å². The highest BCUT2D eigenvalue weighted by Crippen LogP contribution is 2.10. The lowest BCUT2D eigenvalue weighted by molar-refractivity contribution is -0.124. The van der Waals surface area contributed by atoms with E-state index in [-0.39, 0.29) is 36.6 Å². The number of carbonyl (C=O) groups excluding carboxylic acids is 1. The minimum atomic E-state index is -0.00832. The summed E-state index contributed by atoms with van der Waals surface area (Å²) < 4.78 is 0. The summed E-state index contributed by atoms with van der Waals surface area (Å²) in [6, 6.07) is 8.23. The number of halogens is 2. The van der Waals surface area contributed by atoms with Gasteiger partial charge < -0.3 is 15.5 Å². The molecular formula is C15H27Cl2N3O. The highest BCUT2D eigenvalue weighted by molar-refractivity contribution is 5.85. The first-order chi connectivity index (χ1) is 9.04. The van der Waals surface area contributed by atoms with Crippen molar-refractivity contribution in [3.63, 3.8) is 0 Å². The van der Waals surface area contributed by atoms with E-state index in [1.54, 1.807) is 0 Å². The molecule has 0 aliphatic carbocycles. The summed E-state index contributed by atoms with van der Waals surface area (Å²) in [6.07, 6.45) is 0. The van der Waals surface area contributed by atoms with Crippen molar-refractivity contribution in [1.29, 1.82) is 0 Å².